The smallest absolute Gasteiger partial charge is 0.443 e. The van der Waals surface area contributed by atoms with Crippen LogP contribution in [0.3, 0.4) is 0 Å². The third kappa shape index (κ3) is 37.9. The number of hydrogen-bond donors (Lipinski definition) is 1. The van der Waals surface area contributed by atoms with Gasteiger partial charge in [-0.3, -0.25) is 17.8 Å². The first-order chi connectivity index (χ1) is 60.4. The predicted molar refractivity (Wildman–Crippen MR) is 510 cm³/mol. The molecule has 6 saturated heterocycles. The number of aliphatic hydroxyl groups excluding tert-OH is 1. The number of benzene rings is 3. The Morgan fingerprint density at radius 2 is 0.649 bits per heavy atom. The summed E-state index contributed by atoms with van der Waals surface area (Å²) in [6.45, 7) is 56.4. The van der Waals surface area contributed by atoms with Gasteiger partial charge in [-0.25, -0.2) is 53.0 Å². The zero-order valence-corrected chi connectivity index (χ0v) is 91.1. The molecule has 6 aliphatic heterocycles. The molecule has 0 aliphatic carbocycles. The number of carbonyl (C=O) groups is 9. The summed E-state index contributed by atoms with van der Waals surface area (Å²) in [5.41, 5.74) is -4.14. The second-order valence-electron chi connectivity index (χ2n) is 41.3. The Morgan fingerprint density at radius 1 is 0.410 bits per heavy atom. The average Bonchev–Trinajstić information content (AvgIpc) is 1.58. The predicted octanol–water partition coefficient (Wildman–Crippen LogP) is 12.2. The van der Waals surface area contributed by atoms with Crippen LogP contribution in [-0.2, 0) is 76.0 Å². The minimum atomic E-state index is -3.67. The van der Waals surface area contributed by atoms with Gasteiger partial charge in [-0.15, -0.1) is 20.5 Å². The Balaban J connectivity index is 0.000000462. The van der Waals surface area contributed by atoms with Gasteiger partial charge in [0.15, 0.2) is 0 Å². The van der Waals surface area contributed by atoms with Gasteiger partial charge in [0.1, 0.15) is 33.6 Å². The molecule has 6 aliphatic rings. The number of nitrogens with zero attached hydrogens (tertiary/aromatic N) is 15. The number of aliphatic hydroxyl groups is 1. The number of urea groups is 3. The van der Waals surface area contributed by atoms with Crippen LogP contribution in [0.1, 0.15) is 224 Å². The maximum Gasteiger partial charge on any atom is 1.00 e. The number of carbonyl (C=O) groups excluding carboxylic acids is 9. The molecule has 9 rings (SSSR count). The van der Waals surface area contributed by atoms with Crippen LogP contribution in [0.15, 0.2) is 87.8 Å². The molecule has 1 N–H and O–H groups in total. The first kappa shape index (κ1) is 120. The third-order valence-corrected chi connectivity index (χ3v) is 21.0. The van der Waals surface area contributed by atoms with Gasteiger partial charge in [-0.05, 0) is 259 Å². The Morgan fingerprint density at radius 3 is 0.896 bits per heavy atom. The largest absolute Gasteiger partial charge is 1.00 e. The third-order valence-electron chi connectivity index (χ3n) is 20.3. The topological polar surface area (TPSA) is 361 Å². The van der Waals surface area contributed by atoms with Gasteiger partial charge >= 0.3 is 135 Å². The summed E-state index contributed by atoms with van der Waals surface area (Å²) in [4.78, 5) is 146. The average molecular weight is 2030 g/mol. The van der Waals surface area contributed by atoms with E-state index < -0.39 is 110 Å². The van der Waals surface area contributed by atoms with Gasteiger partial charge in [-0.1, -0.05) is 36.4 Å². The number of rotatable bonds is 8. The van der Waals surface area contributed by atoms with E-state index in [2.05, 4.69) is 43.6 Å². The molecule has 12 amide bonds. The normalized spacial score (nSPS) is 18.3. The fraction of sp³-hybridized carbons (Fsp3) is 0.659. The van der Waals surface area contributed by atoms with Gasteiger partial charge in [0, 0.05) is 59.5 Å². The SMILES string of the molecule is CC1(C)OB(B2OC(C)(C)C(C)(C)O2)OC1(C)C.CN1CN(C(=NC(=O)OC(C)(C)C)N(Cc2c[c-]ccc2)C(=O)OC(C)(C)C)CN(C)C1=O.CN1CN(C(=NC(=O)OC(C)(C)C)N(Cc2cccc(B3OC(C)(C)C(C)(C)O3)c2)C(=O)OC(C)(C)C)CN(C)C1=O.CN1CN(C(=NC(=O)OC(C)(C)C)N(Cc2cccc(I)c2)C(=O)OC(C)(C)C)CN(C)C1=O.CO.FB(F)F.[K+]. The van der Waals surface area contributed by atoms with E-state index in [4.69, 9.17) is 61.5 Å². The Bertz CT molecular complexity index is 4460. The number of aliphatic imine (C=N–C) groups is 3. The molecule has 0 radical (unpaired) electrons. The summed E-state index contributed by atoms with van der Waals surface area (Å²) in [7, 11) is 5.55. The molecule has 134 heavy (non-hydrogen) atoms. The van der Waals surface area contributed by atoms with Crippen molar-refractivity contribution in [1.29, 1.82) is 0 Å². The van der Waals surface area contributed by atoms with Crippen LogP contribution in [-0.4, -0.2) is 322 Å². The van der Waals surface area contributed by atoms with Crippen LogP contribution in [0.5, 0.6) is 0 Å². The number of hydrogen-bond acceptors (Lipinski definition) is 22. The molecule has 742 valence electrons. The van der Waals surface area contributed by atoms with Gasteiger partial charge in [0.25, 0.3) is 0 Å². The van der Waals surface area contributed by atoms with Crippen LogP contribution in [0.2, 0.25) is 0 Å². The van der Waals surface area contributed by atoms with Crippen molar-refractivity contribution in [3.63, 3.8) is 0 Å². The van der Waals surface area contributed by atoms with Crippen LogP contribution < -0.4 is 56.8 Å². The number of amides is 12. The maximum absolute atomic E-state index is 13.8. The van der Waals surface area contributed by atoms with Crippen molar-refractivity contribution in [2.24, 2.45) is 15.0 Å². The van der Waals surface area contributed by atoms with Crippen molar-refractivity contribution in [2.75, 3.05) is 89.4 Å². The fourth-order valence-corrected chi connectivity index (χ4v) is 13.0. The molecule has 6 heterocycles. The van der Waals surface area contributed by atoms with Gasteiger partial charge in [0.2, 0.25) is 17.9 Å². The molecule has 37 nitrogen and oxygen atoms in total. The van der Waals surface area contributed by atoms with Crippen LogP contribution in [0.4, 0.5) is 56.1 Å². The molecule has 0 atom stereocenters. The molecule has 3 aromatic rings. The van der Waals surface area contributed by atoms with E-state index in [9.17, 15) is 56.1 Å². The van der Waals surface area contributed by atoms with E-state index in [0.717, 1.165) is 32.8 Å². The first-order valence-electron chi connectivity index (χ1n) is 43.2. The van der Waals surface area contributed by atoms with Gasteiger partial charge in [0.05, 0.1) is 86.7 Å². The van der Waals surface area contributed by atoms with Crippen LogP contribution >= 0.6 is 22.6 Å². The van der Waals surface area contributed by atoms with E-state index in [-0.39, 0.29) is 169 Å². The van der Waals surface area contributed by atoms with Crippen molar-refractivity contribution < 1.29 is 169 Å². The maximum atomic E-state index is 13.8. The minimum Gasteiger partial charge on any atom is -0.443 e. The summed E-state index contributed by atoms with van der Waals surface area (Å²) in [5, 5.41) is 7.00. The van der Waals surface area contributed by atoms with E-state index >= 15 is 0 Å². The molecule has 0 bridgehead atoms. The minimum absolute atomic E-state index is 0. The van der Waals surface area contributed by atoms with Gasteiger partial charge in [-0.2, -0.15) is 30.3 Å². The molecular formula is C88H142B4F3IKN15O22. The Kier molecular flexibility index (Phi) is 43.3. The first-order valence-corrected chi connectivity index (χ1v) is 44.3. The van der Waals surface area contributed by atoms with E-state index in [1.165, 1.54) is 44.1 Å². The summed E-state index contributed by atoms with van der Waals surface area (Å²) in [5.74, 6) is 0.0489. The monoisotopic (exact) mass is 2030 g/mol. The molecule has 0 unspecified atom stereocenters. The van der Waals surface area contributed by atoms with Crippen LogP contribution in [0.25, 0.3) is 0 Å². The van der Waals surface area contributed by atoms with Gasteiger partial charge < -0.3 is 106 Å². The molecule has 46 heteroatoms. The summed E-state index contributed by atoms with van der Waals surface area (Å²) < 4.78 is 99.6. The zero-order valence-electron chi connectivity index (χ0n) is 85.8. The molecule has 3 aromatic carbocycles. The van der Waals surface area contributed by atoms with Crippen LogP contribution in [0, 0.1) is 9.64 Å². The van der Waals surface area contributed by atoms with E-state index in [1.54, 1.807) is 200 Å². The van der Waals surface area contributed by atoms with Crippen molar-refractivity contribution in [1.82, 2.24) is 58.8 Å². The summed E-state index contributed by atoms with van der Waals surface area (Å²) in [6.07, 6.45) is -4.65. The number of guanidine groups is 3. The molecular weight excluding hydrogens is 1890 g/mol. The number of ether oxygens (including phenoxy) is 6. The molecule has 0 saturated carbocycles. The van der Waals surface area contributed by atoms with Crippen molar-refractivity contribution in [2.45, 2.75) is 295 Å². The standard InChI is InChI=1S/C29H46BN5O7.C23H34IN5O5.C23H34N5O5.C12H24B2O4.CH4O.BF3.K/c1-26(2,3)39-23(36)31-22(34-18-32(11)24(37)33(12)19-34)35(25(38)40-27(4,5)6)17-20-14-13-15-21(16-20)30-41-28(7,8)29(9,10)42-30;1-22(2,3)33-19(30)25-18(28-14-26(7)20(31)27(8)15-28)29(21(32)34-23(4,5)6)13-16-10-9-11-17(24)12-16;1-22(2,3)32-19(29)24-18(27-15-25(7)20(30)26(8)16-27)28(21(31)33-23(4,5)6)14-17-12-10-9-11-13-17;1-9(2)10(3,4)16-13(15-9)14-17-11(5,6)12(7,8)18-14;1-2;2-1(3)4;/h13-16H,17-19H2,1-12H3;9-12H,13-15H2,1-8H3;9-10,12-13H,14-16H2,1-8H3;1-8H3;2H,1H3;;/q;;-1;;;;+1. The summed E-state index contributed by atoms with van der Waals surface area (Å²) in [6, 6.07) is 24.7. The molecule has 0 aromatic heterocycles. The quantitative estimate of drug-likeness (QED) is 0.0546. The van der Waals surface area contributed by atoms with E-state index in [1.807, 2.05) is 138 Å². The second kappa shape index (κ2) is 48.2. The zero-order chi connectivity index (χ0) is 102. The fourth-order valence-electron chi connectivity index (χ4n) is 12.4. The molecule has 0 spiro atoms. The Hall–Kier alpha value is -7.76. The van der Waals surface area contributed by atoms with Crippen molar-refractivity contribution in [3.05, 3.63) is 99.1 Å². The number of halogens is 4. The van der Waals surface area contributed by atoms with E-state index in [0.29, 0.717) is 0 Å². The summed E-state index contributed by atoms with van der Waals surface area (Å²) >= 11 is 2.19. The Labute approximate surface area is 848 Å². The van der Waals surface area contributed by atoms with Crippen molar-refractivity contribution >= 4 is 129 Å². The second-order valence-corrected chi connectivity index (χ2v) is 42.5. The molecule has 6 fully saturated rings. The van der Waals surface area contributed by atoms with Crippen molar-refractivity contribution in [3.8, 4) is 0 Å².